The molecule has 0 radical (unpaired) electrons. The second kappa shape index (κ2) is 10.7. The van der Waals surface area contributed by atoms with Gasteiger partial charge in [-0.2, -0.15) is 0 Å². The number of nitrogens with one attached hydrogen (secondary N) is 3. The van der Waals surface area contributed by atoms with Crippen molar-refractivity contribution in [2.24, 2.45) is 5.73 Å². The normalized spacial score (nSPS) is 17.9. The number of nitrogens with two attached hydrogens (primary N) is 1. The van der Waals surface area contributed by atoms with Crippen molar-refractivity contribution >= 4 is 17.6 Å². The molecule has 2 atom stereocenters. The zero-order chi connectivity index (χ0) is 27.7. The van der Waals surface area contributed by atoms with E-state index in [1.54, 1.807) is 0 Å². The maximum atomic E-state index is 13.0. The average molecular weight is 527 g/mol. The molecule has 2 aliphatic carbocycles. The first-order valence-electron chi connectivity index (χ1n) is 12.8. The molecule has 0 spiro atoms. The summed E-state index contributed by atoms with van der Waals surface area (Å²) in [5.41, 5.74) is 12.9. The highest BCUT2D eigenvalue weighted by Gasteiger charge is 2.35. The van der Waals surface area contributed by atoms with Crippen molar-refractivity contribution in [3.8, 4) is 0 Å². The van der Waals surface area contributed by atoms with Gasteiger partial charge in [0, 0.05) is 19.2 Å². The maximum absolute atomic E-state index is 13.0. The van der Waals surface area contributed by atoms with E-state index >= 15 is 0 Å². The molecule has 2 amide bonds. The number of aromatic nitrogens is 2. The van der Waals surface area contributed by atoms with Crippen molar-refractivity contribution in [1.82, 2.24) is 25.9 Å². The lowest BCUT2D eigenvalue weighted by Gasteiger charge is -2.26. The van der Waals surface area contributed by atoms with Gasteiger partial charge in [0.15, 0.2) is 6.10 Å². The van der Waals surface area contributed by atoms with Gasteiger partial charge in [-0.1, -0.05) is 36.4 Å². The zero-order valence-corrected chi connectivity index (χ0v) is 21.7. The number of hydrogen-bond acceptors (Lipinski definition) is 8. The van der Waals surface area contributed by atoms with Gasteiger partial charge in [0.1, 0.15) is 23.4 Å². The molecule has 0 bridgehead atoms. The lowest BCUT2D eigenvalue weighted by Crippen LogP contribution is -2.46. The summed E-state index contributed by atoms with van der Waals surface area (Å²) in [5, 5.41) is 18.5. The molecule has 6 N–H and O–H groups in total. The zero-order valence-electron chi connectivity index (χ0n) is 21.7. The topological polar surface area (TPSA) is 159 Å². The van der Waals surface area contributed by atoms with Gasteiger partial charge in [-0.3, -0.25) is 14.4 Å². The van der Waals surface area contributed by atoms with E-state index in [0.29, 0.717) is 12.2 Å². The van der Waals surface area contributed by atoms with Gasteiger partial charge >= 0.3 is 0 Å². The highest BCUT2D eigenvalue weighted by molar-refractivity contribution is 6.07. The summed E-state index contributed by atoms with van der Waals surface area (Å²) in [6.45, 7) is 4.79. The molecule has 200 valence electrons. The second-order valence-electron chi connectivity index (χ2n) is 9.88. The second-order valence-corrected chi connectivity index (χ2v) is 9.88. The molecule has 10 heteroatoms. The molecule has 0 saturated heterocycles. The highest BCUT2D eigenvalue weighted by atomic mass is 16.3. The number of nitrogens with zero attached hydrogens (tertiary/aromatic N) is 2. The third-order valence-electron chi connectivity index (χ3n) is 7.41. The maximum Gasteiger partial charge on any atom is 0.270 e. The number of ketones is 1. The molecule has 0 fully saturated rings. The molecule has 1 heterocycles. The van der Waals surface area contributed by atoms with E-state index in [9.17, 15) is 19.5 Å². The number of Topliss-reactive ketones (excluding diaryl/α,β-unsaturated/α-hetero) is 1. The minimum Gasteiger partial charge on any atom is -0.394 e. The molecule has 0 saturated carbocycles. The number of benzene rings is 2. The van der Waals surface area contributed by atoms with E-state index in [1.165, 1.54) is 29.1 Å². The first-order valence-corrected chi connectivity index (χ1v) is 12.8. The fourth-order valence-corrected chi connectivity index (χ4v) is 4.98. The molecule has 10 nitrogen and oxygen atoms in total. The predicted molar refractivity (Wildman–Crippen MR) is 143 cm³/mol. The third-order valence-corrected chi connectivity index (χ3v) is 7.41. The van der Waals surface area contributed by atoms with Crippen molar-refractivity contribution < 1.29 is 19.5 Å². The number of hydrogen-bond donors (Lipinski definition) is 5. The number of carbonyl (C=O) groups excluding carboxylic acids is 3. The number of aryl methyl sites for hydroxylation is 1. The van der Waals surface area contributed by atoms with E-state index in [2.05, 4.69) is 51.9 Å². The van der Waals surface area contributed by atoms with Crippen molar-refractivity contribution in [3.63, 3.8) is 0 Å². The fraction of sp³-hybridized carbons (Fsp3) is 0.276. The standard InChI is InChI=1S/C29H30N6O4/c1-15-6-7-20-19(16(15)2)8-9-21(20)35-29(39)23-11-22(33-14-34-23)28(38)32-13-18-5-3-4-17(10-18)12-31-25-24(30)26(36)27(25)37/h3-7,10-11,14,21,27,31,37H,8-9,12-13,30H2,1-2H3,(H,32,38)(H,35,39)/t21-,27?/m0/s1. The quantitative estimate of drug-likeness (QED) is 0.296. The summed E-state index contributed by atoms with van der Waals surface area (Å²) in [6.07, 6.45) is 1.75. The van der Waals surface area contributed by atoms with Gasteiger partial charge in [-0.15, -0.1) is 0 Å². The summed E-state index contributed by atoms with van der Waals surface area (Å²) in [4.78, 5) is 45.2. The van der Waals surface area contributed by atoms with Crippen LogP contribution in [0, 0.1) is 13.8 Å². The molecular formula is C29H30N6O4. The molecule has 1 aromatic heterocycles. The van der Waals surface area contributed by atoms with Crippen LogP contribution >= 0.6 is 0 Å². The molecule has 1 unspecified atom stereocenters. The van der Waals surface area contributed by atoms with Crippen LogP contribution in [0.3, 0.4) is 0 Å². The molecule has 2 aromatic carbocycles. The van der Waals surface area contributed by atoms with Crippen LogP contribution in [0.15, 0.2) is 60.2 Å². The van der Waals surface area contributed by atoms with Crippen LogP contribution in [-0.4, -0.2) is 38.8 Å². The molecule has 39 heavy (non-hydrogen) atoms. The van der Waals surface area contributed by atoms with E-state index in [-0.39, 0.29) is 35.6 Å². The minimum absolute atomic E-state index is 0.0436. The van der Waals surface area contributed by atoms with Crippen LogP contribution < -0.4 is 21.7 Å². The van der Waals surface area contributed by atoms with E-state index in [1.807, 2.05) is 24.3 Å². The molecule has 0 aliphatic heterocycles. The Kier molecular flexibility index (Phi) is 7.12. The Morgan fingerprint density at radius 1 is 1.03 bits per heavy atom. The van der Waals surface area contributed by atoms with Crippen LogP contribution in [0.1, 0.15) is 66.8 Å². The van der Waals surface area contributed by atoms with Crippen LogP contribution in [0.2, 0.25) is 0 Å². The largest absolute Gasteiger partial charge is 0.394 e. The Labute approximate surface area is 225 Å². The average Bonchev–Trinajstić information content (AvgIpc) is 3.36. The summed E-state index contributed by atoms with van der Waals surface area (Å²) >= 11 is 0. The minimum atomic E-state index is -1.20. The predicted octanol–water partition coefficient (Wildman–Crippen LogP) is 1.64. The number of rotatable bonds is 8. The Morgan fingerprint density at radius 2 is 1.74 bits per heavy atom. The monoisotopic (exact) mass is 526 g/mol. The van der Waals surface area contributed by atoms with Crippen LogP contribution in [0.5, 0.6) is 0 Å². The Hall–Kier alpha value is -4.57. The summed E-state index contributed by atoms with van der Waals surface area (Å²) in [6, 6.07) is 12.9. The van der Waals surface area contributed by atoms with Gasteiger partial charge in [0.05, 0.1) is 11.7 Å². The van der Waals surface area contributed by atoms with E-state index < -0.39 is 17.8 Å². The third kappa shape index (κ3) is 5.23. The highest BCUT2D eigenvalue weighted by Crippen LogP contribution is 2.34. The van der Waals surface area contributed by atoms with Gasteiger partial charge in [-0.05, 0) is 60.1 Å². The smallest absolute Gasteiger partial charge is 0.270 e. The number of carbonyl (C=O) groups is 3. The Balaban J connectivity index is 1.18. The van der Waals surface area contributed by atoms with Crippen molar-refractivity contribution in [3.05, 3.63) is 105 Å². The first kappa shape index (κ1) is 26.1. The lowest BCUT2D eigenvalue weighted by atomic mass is 9.95. The van der Waals surface area contributed by atoms with Gasteiger partial charge in [-0.25, -0.2) is 9.97 Å². The molecule has 3 aromatic rings. The number of aliphatic hydroxyl groups excluding tert-OH is 1. The van der Waals surface area contributed by atoms with Crippen LogP contribution in [-0.2, 0) is 24.3 Å². The van der Waals surface area contributed by atoms with Gasteiger partial charge < -0.3 is 26.8 Å². The number of fused-ring (bicyclic) bond motifs is 1. The molecule has 5 rings (SSSR count). The molecular weight excluding hydrogens is 496 g/mol. The SMILES string of the molecule is Cc1ccc2c(c1C)CC[C@@H]2NC(=O)c1cc(C(=O)NCc2cccc(CNC3=C(N)C(=O)C3O)c2)ncn1. The van der Waals surface area contributed by atoms with Crippen LogP contribution in [0.4, 0.5) is 0 Å². The van der Waals surface area contributed by atoms with Gasteiger partial charge in [0.25, 0.3) is 11.8 Å². The van der Waals surface area contributed by atoms with Crippen molar-refractivity contribution in [1.29, 1.82) is 0 Å². The molecule has 2 aliphatic rings. The first-order chi connectivity index (χ1) is 18.7. The van der Waals surface area contributed by atoms with Crippen molar-refractivity contribution in [2.75, 3.05) is 0 Å². The van der Waals surface area contributed by atoms with E-state index in [0.717, 1.165) is 29.5 Å². The van der Waals surface area contributed by atoms with E-state index in [4.69, 9.17) is 5.73 Å². The number of amides is 2. The summed E-state index contributed by atoms with van der Waals surface area (Å²) in [5.74, 6) is -1.26. The van der Waals surface area contributed by atoms with Crippen molar-refractivity contribution in [2.45, 2.75) is 51.9 Å². The fourth-order valence-electron chi connectivity index (χ4n) is 4.98. The Morgan fingerprint density at radius 3 is 2.49 bits per heavy atom. The van der Waals surface area contributed by atoms with Gasteiger partial charge in [0.2, 0.25) is 5.78 Å². The summed E-state index contributed by atoms with van der Waals surface area (Å²) in [7, 11) is 0. The summed E-state index contributed by atoms with van der Waals surface area (Å²) < 4.78 is 0. The van der Waals surface area contributed by atoms with Crippen LogP contribution in [0.25, 0.3) is 0 Å². The Bertz CT molecular complexity index is 1520. The number of aliphatic hydroxyl groups is 1. The lowest BCUT2D eigenvalue weighted by molar-refractivity contribution is -0.124.